The average Bonchev–Trinajstić information content (AvgIpc) is 2.76. The molecule has 2 aromatic carbocycles. The maximum Gasteiger partial charge on any atom is 0.141 e. The number of nitrogens with two attached hydrogens (primary N) is 1. The fraction of sp³-hybridized carbons (Fsp3) is 0.391. The van der Waals surface area contributed by atoms with Crippen molar-refractivity contribution in [1.82, 2.24) is 9.97 Å². The van der Waals surface area contributed by atoms with Crippen molar-refractivity contribution in [1.29, 1.82) is 0 Å². The molecule has 0 spiro atoms. The van der Waals surface area contributed by atoms with Crippen LogP contribution >= 0.6 is 23.2 Å². The van der Waals surface area contributed by atoms with Gasteiger partial charge >= 0.3 is 0 Å². The fourth-order valence-corrected chi connectivity index (χ4v) is 4.68. The van der Waals surface area contributed by atoms with Crippen molar-refractivity contribution < 1.29 is 14.2 Å². The predicted molar refractivity (Wildman–Crippen MR) is 123 cm³/mol. The lowest BCUT2D eigenvalue weighted by Gasteiger charge is -2.32. The quantitative estimate of drug-likeness (QED) is 0.580. The number of hydrogen-bond donors (Lipinski definition) is 1. The standard InChI is InChI=1S/C23H25Cl2N3O3/c1-12-6-16(26)15(11-31-12)8-20-27-10-14-7-13(4-5-17(14)28-20)21-22(24)18(29-2)9-19(30-3)23(21)25/h4-5,7,9-10,12,15-16H,6,8,11,26H2,1-3H3/t12-,15+,16-/m0/s1. The summed E-state index contributed by atoms with van der Waals surface area (Å²) in [7, 11) is 3.11. The number of rotatable bonds is 5. The molecule has 164 valence electrons. The molecule has 0 amide bonds. The molecule has 1 aliphatic rings. The van der Waals surface area contributed by atoms with Crippen molar-refractivity contribution >= 4 is 34.1 Å². The van der Waals surface area contributed by atoms with E-state index in [1.54, 1.807) is 20.3 Å². The molecule has 8 heteroatoms. The lowest BCUT2D eigenvalue weighted by molar-refractivity contribution is -0.0157. The molecule has 1 aromatic heterocycles. The Labute approximate surface area is 191 Å². The van der Waals surface area contributed by atoms with Crippen LogP contribution in [0.4, 0.5) is 0 Å². The van der Waals surface area contributed by atoms with Crippen LogP contribution < -0.4 is 15.2 Å². The van der Waals surface area contributed by atoms with E-state index in [9.17, 15) is 0 Å². The minimum Gasteiger partial charge on any atom is -0.495 e. The summed E-state index contributed by atoms with van der Waals surface area (Å²) in [5, 5.41) is 1.73. The number of ether oxygens (including phenoxy) is 3. The second kappa shape index (κ2) is 9.17. The molecule has 1 aliphatic heterocycles. The van der Waals surface area contributed by atoms with Crippen LogP contribution in [0.15, 0.2) is 30.5 Å². The molecule has 0 unspecified atom stereocenters. The second-order valence-electron chi connectivity index (χ2n) is 7.85. The van der Waals surface area contributed by atoms with Crippen LogP contribution in [-0.4, -0.2) is 42.9 Å². The normalized spacial score (nSPS) is 21.3. The van der Waals surface area contributed by atoms with Crippen molar-refractivity contribution in [3.05, 3.63) is 46.3 Å². The Morgan fingerprint density at radius 1 is 1.13 bits per heavy atom. The Morgan fingerprint density at radius 3 is 2.48 bits per heavy atom. The van der Waals surface area contributed by atoms with Gasteiger partial charge in [-0.15, -0.1) is 0 Å². The number of fused-ring (bicyclic) bond motifs is 1. The Morgan fingerprint density at radius 2 is 1.84 bits per heavy atom. The number of methoxy groups -OCH3 is 2. The summed E-state index contributed by atoms with van der Waals surface area (Å²) in [6.45, 7) is 2.69. The van der Waals surface area contributed by atoms with Crippen molar-refractivity contribution in [2.24, 2.45) is 11.7 Å². The van der Waals surface area contributed by atoms with Crippen LogP contribution in [0.25, 0.3) is 22.0 Å². The van der Waals surface area contributed by atoms with E-state index in [1.165, 1.54) is 0 Å². The monoisotopic (exact) mass is 461 g/mol. The largest absolute Gasteiger partial charge is 0.495 e. The third kappa shape index (κ3) is 4.44. The zero-order chi connectivity index (χ0) is 22.1. The third-order valence-corrected chi connectivity index (χ3v) is 6.49. The highest BCUT2D eigenvalue weighted by atomic mass is 35.5. The smallest absolute Gasteiger partial charge is 0.141 e. The molecule has 1 saturated heterocycles. The first-order valence-electron chi connectivity index (χ1n) is 10.1. The maximum atomic E-state index is 6.57. The second-order valence-corrected chi connectivity index (χ2v) is 8.61. The van der Waals surface area contributed by atoms with E-state index >= 15 is 0 Å². The fourth-order valence-electron chi connectivity index (χ4n) is 3.96. The van der Waals surface area contributed by atoms with Crippen LogP contribution in [0, 0.1) is 5.92 Å². The average molecular weight is 462 g/mol. The first-order valence-corrected chi connectivity index (χ1v) is 10.9. The lowest BCUT2D eigenvalue weighted by Crippen LogP contribution is -2.43. The highest BCUT2D eigenvalue weighted by Gasteiger charge is 2.27. The molecule has 1 fully saturated rings. The molecule has 4 rings (SSSR count). The van der Waals surface area contributed by atoms with Gasteiger partial charge in [-0.3, -0.25) is 0 Å². The van der Waals surface area contributed by atoms with Gasteiger partial charge in [0.2, 0.25) is 0 Å². The third-order valence-electron chi connectivity index (χ3n) is 5.74. The lowest BCUT2D eigenvalue weighted by atomic mass is 9.90. The molecule has 3 aromatic rings. The summed E-state index contributed by atoms with van der Waals surface area (Å²) in [4.78, 5) is 9.30. The molecular weight excluding hydrogens is 437 g/mol. The first kappa shape index (κ1) is 22.1. The van der Waals surface area contributed by atoms with Crippen molar-refractivity contribution in [2.45, 2.75) is 31.9 Å². The van der Waals surface area contributed by atoms with E-state index in [0.29, 0.717) is 40.1 Å². The maximum absolute atomic E-state index is 6.57. The van der Waals surface area contributed by atoms with Gasteiger partial charge in [-0.1, -0.05) is 29.3 Å². The van der Waals surface area contributed by atoms with Gasteiger partial charge in [0.05, 0.1) is 42.5 Å². The van der Waals surface area contributed by atoms with Gasteiger partial charge in [-0.05, 0) is 31.0 Å². The van der Waals surface area contributed by atoms with Gasteiger partial charge in [0.15, 0.2) is 0 Å². The topological polar surface area (TPSA) is 79.5 Å². The molecule has 0 radical (unpaired) electrons. The predicted octanol–water partition coefficient (Wildman–Crippen LogP) is 4.92. The molecule has 6 nitrogen and oxygen atoms in total. The minimum atomic E-state index is 0.0951. The van der Waals surface area contributed by atoms with Crippen LogP contribution in [0.3, 0.4) is 0 Å². The van der Waals surface area contributed by atoms with Crippen LogP contribution in [-0.2, 0) is 11.2 Å². The van der Waals surface area contributed by atoms with Gasteiger partial charge in [0.25, 0.3) is 0 Å². The number of aromatic nitrogens is 2. The van der Waals surface area contributed by atoms with E-state index in [-0.39, 0.29) is 18.1 Å². The summed E-state index contributed by atoms with van der Waals surface area (Å²) in [5.74, 6) is 1.96. The molecule has 0 aliphatic carbocycles. The Kier molecular flexibility index (Phi) is 6.53. The van der Waals surface area contributed by atoms with Gasteiger partial charge in [-0.2, -0.15) is 0 Å². The molecule has 3 atom stereocenters. The van der Waals surface area contributed by atoms with Crippen LogP contribution in [0.5, 0.6) is 11.5 Å². The highest BCUT2D eigenvalue weighted by molar-refractivity contribution is 6.41. The van der Waals surface area contributed by atoms with Crippen molar-refractivity contribution in [3.63, 3.8) is 0 Å². The van der Waals surface area contributed by atoms with Gasteiger partial charge in [0, 0.05) is 41.6 Å². The van der Waals surface area contributed by atoms with Crippen LogP contribution in [0.2, 0.25) is 10.0 Å². The summed E-state index contributed by atoms with van der Waals surface area (Å²) in [6.07, 6.45) is 3.57. The van der Waals surface area contributed by atoms with E-state index in [4.69, 9.17) is 48.1 Å². The van der Waals surface area contributed by atoms with Gasteiger partial charge in [-0.25, -0.2) is 9.97 Å². The zero-order valence-electron chi connectivity index (χ0n) is 17.7. The number of benzene rings is 2. The number of hydrogen-bond acceptors (Lipinski definition) is 6. The summed E-state index contributed by atoms with van der Waals surface area (Å²) >= 11 is 13.1. The summed E-state index contributed by atoms with van der Waals surface area (Å²) in [6, 6.07) is 7.60. The molecule has 0 bridgehead atoms. The SMILES string of the molecule is COc1cc(OC)c(Cl)c(-c2ccc3nc(C[C@@H]4CO[C@@H](C)C[C@@H]4N)ncc3c2)c1Cl. The minimum absolute atomic E-state index is 0.0951. The van der Waals surface area contributed by atoms with E-state index < -0.39 is 0 Å². The number of nitrogens with zero attached hydrogens (tertiary/aromatic N) is 2. The highest BCUT2D eigenvalue weighted by Crippen LogP contribution is 2.46. The van der Waals surface area contributed by atoms with Crippen molar-refractivity contribution in [3.8, 4) is 22.6 Å². The van der Waals surface area contributed by atoms with Crippen molar-refractivity contribution in [2.75, 3.05) is 20.8 Å². The Hall–Kier alpha value is -2.12. The summed E-state index contributed by atoms with van der Waals surface area (Å²) < 4.78 is 16.5. The molecule has 2 N–H and O–H groups in total. The van der Waals surface area contributed by atoms with Gasteiger partial charge in [0.1, 0.15) is 17.3 Å². The Balaban J connectivity index is 1.67. The molecule has 2 heterocycles. The molecular formula is C23H25Cl2N3O3. The van der Waals surface area contributed by atoms with Gasteiger partial charge < -0.3 is 19.9 Å². The zero-order valence-corrected chi connectivity index (χ0v) is 19.2. The Bertz CT molecular complexity index is 1080. The summed E-state index contributed by atoms with van der Waals surface area (Å²) in [5.41, 5.74) is 8.62. The van der Waals surface area contributed by atoms with E-state index in [0.717, 1.165) is 28.7 Å². The first-order chi connectivity index (χ1) is 14.9. The molecule has 0 saturated carbocycles. The number of halogens is 2. The van der Waals surface area contributed by atoms with E-state index in [1.807, 2.05) is 24.4 Å². The van der Waals surface area contributed by atoms with Crippen LogP contribution in [0.1, 0.15) is 19.2 Å². The molecule has 31 heavy (non-hydrogen) atoms. The van der Waals surface area contributed by atoms with E-state index in [2.05, 4.69) is 11.9 Å².